The molecule has 0 spiro atoms. The molecule has 1 N–H and O–H groups in total. The van der Waals surface area contributed by atoms with E-state index in [1.165, 1.54) is 0 Å². The van der Waals surface area contributed by atoms with Crippen LogP contribution in [-0.2, 0) is 6.61 Å². The van der Waals surface area contributed by atoms with Crippen molar-refractivity contribution in [3.8, 4) is 5.75 Å². The smallest absolute Gasteiger partial charge is 0.271 e. The van der Waals surface area contributed by atoms with Crippen LogP contribution >= 0.6 is 11.6 Å². The minimum Gasteiger partial charge on any atom is -0.488 e. The molecule has 0 atom stereocenters. The highest BCUT2D eigenvalue weighted by Gasteiger charge is 2.09. The van der Waals surface area contributed by atoms with Crippen LogP contribution in [0.4, 0.5) is 0 Å². The Balaban J connectivity index is 1.39. The molecule has 0 aromatic heterocycles. The van der Waals surface area contributed by atoms with Crippen LogP contribution in [0.25, 0.3) is 21.5 Å². The number of amides is 1. The Morgan fingerprint density at radius 2 is 1.53 bits per heavy atom. The van der Waals surface area contributed by atoms with Crippen molar-refractivity contribution in [3.63, 3.8) is 0 Å². The second-order valence-electron chi connectivity index (χ2n) is 7.87. The number of rotatable bonds is 6. The quantitative estimate of drug-likeness (QED) is 0.217. The van der Waals surface area contributed by atoms with Gasteiger partial charge in [0.1, 0.15) is 12.4 Å². The Morgan fingerprint density at radius 1 is 0.824 bits per heavy atom. The van der Waals surface area contributed by atoms with Gasteiger partial charge in [-0.05, 0) is 57.4 Å². The van der Waals surface area contributed by atoms with Crippen molar-refractivity contribution in [2.24, 2.45) is 5.10 Å². The molecule has 166 valence electrons. The molecule has 0 fully saturated rings. The number of benzene rings is 5. The van der Waals surface area contributed by atoms with Gasteiger partial charge in [-0.1, -0.05) is 84.4 Å². The summed E-state index contributed by atoms with van der Waals surface area (Å²) in [5, 5.41) is 9.07. The monoisotopic (exact) mass is 464 g/mol. The number of carbonyl (C=O) groups is 1. The zero-order valence-corrected chi connectivity index (χ0v) is 19.0. The molecule has 5 heteroatoms. The van der Waals surface area contributed by atoms with Crippen LogP contribution in [0.5, 0.6) is 5.75 Å². The standard InChI is InChI=1S/C29H21ClN2O2/c30-25-14-9-20(10-15-25)19-34-28-16-13-22-6-3-4-8-26(22)27(28)18-31-32-29(33)24-12-11-21-5-1-2-7-23(21)17-24/h1-18H,19H2,(H,32,33)/b31-18-. The summed E-state index contributed by atoms with van der Waals surface area (Å²) in [6.07, 6.45) is 1.64. The zero-order valence-electron chi connectivity index (χ0n) is 18.2. The minimum absolute atomic E-state index is 0.272. The average molecular weight is 465 g/mol. The molecule has 5 rings (SSSR count). The fraction of sp³-hybridized carbons (Fsp3) is 0.0345. The molecule has 5 aromatic carbocycles. The number of halogens is 1. The lowest BCUT2D eigenvalue weighted by molar-refractivity contribution is 0.0955. The molecule has 0 radical (unpaired) electrons. The first kappa shape index (κ1) is 21.7. The van der Waals surface area contributed by atoms with Gasteiger partial charge in [0.2, 0.25) is 0 Å². The van der Waals surface area contributed by atoms with E-state index in [9.17, 15) is 4.79 Å². The van der Waals surface area contributed by atoms with Gasteiger partial charge in [0.15, 0.2) is 0 Å². The first-order chi connectivity index (χ1) is 16.7. The highest BCUT2D eigenvalue weighted by atomic mass is 35.5. The molecule has 34 heavy (non-hydrogen) atoms. The topological polar surface area (TPSA) is 50.7 Å². The lowest BCUT2D eigenvalue weighted by Crippen LogP contribution is -2.17. The molecular weight excluding hydrogens is 444 g/mol. The van der Waals surface area contributed by atoms with Gasteiger partial charge in [-0.2, -0.15) is 5.10 Å². The van der Waals surface area contributed by atoms with E-state index in [-0.39, 0.29) is 5.91 Å². The molecule has 0 unspecified atom stereocenters. The van der Waals surface area contributed by atoms with Gasteiger partial charge in [0.05, 0.1) is 6.21 Å². The van der Waals surface area contributed by atoms with Gasteiger partial charge in [-0.3, -0.25) is 4.79 Å². The van der Waals surface area contributed by atoms with E-state index in [1.807, 2.05) is 97.1 Å². The molecular formula is C29H21ClN2O2. The molecule has 0 aliphatic heterocycles. The van der Waals surface area contributed by atoms with Crippen LogP contribution in [0.3, 0.4) is 0 Å². The third kappa shape index (κ3) is 4.77. The molecule has 0 aliphatic carbocycles. The zero-order chi connectivity index (χ0) is 23.3. The van der Waals surface area contributed by atoms with Crippen LogP contribution in [-0.4, -0.2) is 12.1 Å². The fourth-order valence-electron chi connectivity index (χ4n) is 3.83. The highest BCUT2D eigenvalue weighted by Crippen LogP contribution is 2.27. The predicted octanol–water partition coefficient (Wildman–Crippen LogP) is 6.99. The van der Waals surface area contributed by atoms with E-state index < -0.39 is 0 Å². The van der Waals surface area contributed by atoms with Crippen LogP contribution in [0, 0.1) is 0 Å². The number of carbonyl (C=O) groups excluding carboxylic acids is 1. The van der Waals surface area contributed by atoms with E-state index in [2.05, 4.69) is 10.5 Å². The summed E-state index contributed by atoms with van der Waals surface area (Å²) >= 11 is 5.98. The van der Waals surface area contributed by atoms with Crippen LogP contribution in [0.1, 0.15) is 21.5 Å². The maximum atomic E-state index is 12.7. The van der Waals surface area contributed by atoms with Crippen LogP contribution in [0.15, 0.2) is 108 Å². The number of hydrazone groups is 1. The number of hydrogen-bond donors (Lipinski definition) is 1. The Bertz CT molecular complexity index is 1510. The molecule has 0 saturated carbocycles. The molecule has 4 nitrogen and oxygen atoms in total. The number of hydrogen-bond acceptors (Lipinski definition) is 3. The van der Waals surface area contributed by atoms with Crippen LogP contribution < -0.4 is 10.2 Å². The lowest BCUT2D eigenvalue weighted by atomic mass is 10.0. The maximum absolute atomic E-state index is 12.7. The molecule has 0 saturated heterocycles. The Labute approximate surface area is 202 Å². The second-order valence-corrected chi connectivity index (χ2v) is 8.31. The predicted molar refractivity (Wildman–Crippen MR) is 139 cm³/mol. The summed E-state index contributed by atoms with van der Waals surface area (Å²) in [6.45, 7) is 0.389. The van der Waals surface area contributed by atoms with Crippen molar-refractivity contribution < 1.29 is 9.53 Å². The summed E-state index contributed by atoms with van der Waals surface area (Å²) in [6, 6.07) is 33.0. The highest BCUT2D eigenvalue weighted by molar-refractivity contribution is 6.30. The van der Waals surface area contributed by atoms with Crippen molar-refractivity contribution in [1.82, 2.24) is 5.43 Å². The van der Waals surface area contributed by atoms with Gasteiger partial charge >= 0.3 is 0 Å². The van der Waals surface area contributed by atoms with Crippen molar-refractivity contribution in [3.05, 3.63) is 125 Å². The molecule has 0 bridgehead atoms. The van der Waals surface area contributed by atoms with Gasteiger partial charge in [-0.15, -0.1) is 0 Å². The third-order valence-corrected chi connectivity index (χ3v) is 5.86. The van der Waals surface area contributed by atoms with E-state index in [0.717, 1.165) is 32.7 Å². The van der Waals surface area contributed by atoms with Gasteiger partial charge in [-0.25, -0.2) is 5.43 Å². The summed E-state index contributed by atoms with van der Waals surface area (Å²) < 4.78 is 6.11. The van der Waals surface area contributed by atoms with E-state index >= 15 is 0 Å². The Kier molecular flexibility index (Phi) is 6.23. The summed E-state index contributed by atoms with van der Waals surface area (Å²) in [5.74, 6) is 0.406. The van der Waals surface area contributed by atoms with Gasteiger partial charge < -0.3 is 4.74 Å². The van der Waals surface area contributed by atoms with E-state index in [1.54, 1.807) is 12.3 Å². The number of nitrogens with zero attached hydrogens (tertiary/aromatic N) is 1. The molecule has 0 aliphatic rings. The van der Waals surface area contributed by atoms with Crippen LogP contribution in [0.2, 0.25) is 5.02 Å². The second kappa shape index (κ2) is 9.77. The minimum atomic E-state index is -0.272. The normalized spacial score (nSPS) is 11.2. The SMILES string of the molecule is O=C(N/N=C\c1c(OCc2ccc(Cl)cc2)ccc2ccccc12)c1ccc2ccccc2c1. The average Bonchev–Trinajstić information content (AvgIpc) is 2.88. The first-order valence-electron chi connectivity index (χ1n) is 10.9. The maximum Gasteiger partial charge on any atom is 0.271 e. The molecule has 0 heterocycles. The summed E-state index contributed by atoms with van der Waals surface area (Å²) in [4.78, 5) is 12.7. The molecule has 1 amide bonds. The van der Waals surface area contributed by atoms with Gasteiger partial charge in [0.25, 0.3) is 5.91 Å². The Morgan fingerprint density at radius 3 is 2.35 bits per heavy atom. The number of nitrogens with one attached hydrogen (secondary N) is 1. The lowest BCUT2D eigenvalue weighted by Gasteiger charge is -2.12. The largest absolute Gasteiger partial charge is 0.488 e. The first-order valence-corrected chi connectivity index (χ1v) is 11.3. The summed E-state index contributed by atoms with van der Waals surface area (Å²) in [7, 11) is 0. The molecule has 5 aromatic rings. The fourth-order valence-corrected chi connectivity index (χ4v) is 3.95. The van der Waals surface area contributed by atoms with E-state index in [0.29, 0.717) is 22.9 Å². The Hall–Kier alpha value is -4.15. The van der Waals surface area contributed by atoms with Crippen molar-refractivity contribution in [1.29, 1.82) is 0 Å². The van der Waals surface area contributed by atoms with Crippen molar-refractivity contribution >= 4 is 45.3 Å². The summed E-state index contributed by atoms with van der Waals surface area (Å²) in [5.41, 5.74) is 5.00. The van der Waals surface area contributed by atoms with Crippen molar-refractivity contribution in [2.45, 2.75) is 6.61 Å². The van der Waals surface area contributed by atoms with Crippen molar-refractivity contribution in [2.75, 3.05) is 0 Å². The number of fused-ring (bicyclic) bond motifs is 2. The van der Waals surface area contributed by atoms with Gasteiger partial charge in [0, 0.05) is 16.1 Å². The number of ether oxygens (including phenoxy) is 1. The third-order valence-electron chi connectivity index (χ3n) is 5.61. The van der Waals surface area contributed by atoms with E-state index in [4.69, 9.17) is 16.3 Å².